The minimum absolute atomic E-state index is 0. The van der Waals surface area contributed by atoms with Gasteiger partial charge in [0.25, 0.3) is 5.56 Å². The first-order valence-electron chi connectivity index (χ1n) is 2.20. The van der Waals surface area contributed by atoms with Gasteiger partial charge in [0.15, 0.2) is 5.76 Å². The molecule has 0 spiro atoms. The van der Waals surface area contributed by atoms with Crippen LogP contribution in [0.1, 0.15) is 5.76 Å². The zero-order valence-electron chi connectivity index (χ0n) is 4.99. The maximum Gasteiger partial charge on any atom is 0.280 e. The number of rotatable bonds is 1. The third-order valence-electron chi connectivity index (χ3n) is 0.776. The Labute approximate surface area is 78.3 Å². The first kappa shape index (κ1) is 12.6. The summed E-state index contributed by atoms with van der Waals surface area (Å²) in [4.78, 5) is 10.2. The average molecular weight is 276 g/mol. The van der Waals surface area contributed by atoms with Crippen molar-refractivity contribution in [1.29, 1.82) is 0 Å². The molecule has 1 aromatic rings. The molecule has 0 unspecified atom stereocenters. The summed E-state index contributed by atoms with van der Waals surface area (Å²) in [6.07, 6.45) is 0. The number of aromatic nitrogens is 1. The molecule has 0 aliphatic carbocycles. The van der Waals surface area contributed by atoms with Crippen LogP contribution >= 0.6 is 34.0 Å². The molecule has 0 bridgehead atoms. The number of hydrogen-bond donors (Lipinski definition) is 2. The number of nitrogens with two attached hydrogens (primary N) is 1. The van der Waals surface area contributed by atoms with Gasteiger partial charge in [0.05, 0.1) is 6.54 Å². The number of nitrogens with one attached hydrogen (secondary N) is 1. The van der Waals surface area contributed by atoms with Crippen molar-refractivity contribution in [3.8, 4) is 0 Å². The van der Waals surface area contributed by atoms with Gasteiger partial charge in [0.2, 0.25) is 0 Å². The Bertz CT molecular complexity index is 219. The highest BCUT2D eigenvalue weighted by Crippen LogP contribution is 1.86. The number of halogens is 2. The van der Waals surface area contributed by atoms with Gasteiger partial charge in [-0.2, -0.15) is 5.16 Å². The second-order valence-corrected chi connectivity index (χ2v) is 1.38. The van der Waals surface area contributed by atoms with Gasteiger partial charge >= 0.3 is 0 Å². The van der Waals surface area contributed by atoms with Gasteiger partial charge in [-0.1, -0.05) is 0 Å². The fourth-order valence-electron chi connectivity index (χ4n) is 0.422. The molecule has 0 aromatic carbocycles. The van der Waals surface area contributed by atoms with E-state index in [-0.39, 0.29) is 46.1 Å². The van der Waals surface area contributed by atoms with E-state index in [4.69, 9.17) is 5.73 Å². The van der Waals surface area contributed by atoms with Crippen LogP contribution in [0, 0.1) is 0 Å². The second-order valence-electron chi connectivity index (χ2n) is 1.38. The van der Waals surface area contributed by atoms with Crippen LogP contribution in [0.25, 0.3) is 0 Å². The van der Waals surface area contributed by atoms with Crippen LogP contribution in [0.4, 0.5) is 0 Å². The molecule has 3 N–H and O–H groups in total. The highest BCUT2D eigenvalue weighted by atomic mass is 79.9. The van der Waals surface area contributed by atoms with E-state index in [0.29, 0.717) is 5.76 Å². The molecule has 0 aliphatic rings. The summed E-state index contributed by atoms with van der Waals surface area (Å²) in [7, 11) is 0. The van der Waals surface area contributed by atoms with E-state index in [0.717, 1.165) is 0 Å². The molecule has 0 fully saturated rings. The highest BCUT2D eigenvalue weighted by Gasteiger charge is 1.91. The van der Waals surface area contributed by atoms with Crippen molar-refractivity contribution in [1.82, 2.24) is 5.16 Å². The molecular formula is C4H8Br2N2O2. The molecule has 60 valence electrons. The molecule has 6 heteroatoms. The van der Waals surface area contributed by atoms with E-state index < -0.39 is 0 Å². The van der Waals surface area contributed by atoms with Crippen LogP contribution in [0.5, 0.6) is 0 Å². The summed E-state index contributed by atoms with van der Waals surface area (Å²) in [5.74, 6) is 0.481. The third kappa shape index (κ3) is 3.19. The van der Waals surface area contributed by atoms with Gasteiger partial charge < -0.3 is 10.3 Å². The van der Waals surface area contributed by atoms with E-state index in [1.54, 1.807) is 0 Å². The van der Waals surface area contributed by atoms with Gasteiger partial charge in [-0.25, -0.2) is 0 Å². The van der Waals surface area contributed by atoms with E-state index >= 15 is 0 Å². The molecule has 0 radical (unpaired) electrons. The van der Waals surface area contributed by atoms with Crippen LogP contribution < -0.4 is 11.3 Å². The van der Waals surface area contributed by atoms with E-state index in [1.807, 2.05) is 0 Å². The zero-order valence-corrected chi connectivity index (χ0v) is 8.42. The molecule has 0 atom stereocenters. The van der Waals surface area contributed by atoms with Gasteiger partial charge in [0.1, 0.15) is 0 Å². The Morgan fingerprint density at radius 2 is 2.20 bits per heavy atom. The third-order valence-corrected chi connectivity index (χ3v) is 0.776. The maximum absolute atomic E-state index is 10.2. The zero-order chi connectivity index (χ0) is 5.98. The number of hydrogen-bond acceptors (Lipinski definition) is 3. The predicted molar refractivity (Wildman–Crippen MR) is 47.9 cm³/mol. The summed E-state index contributed by atoms with van der Waals surface area (Å²) < 4.78 is 4.55. The highest BCUT2D eigenvalue weighted by molar-refractivity contribution is 8.93. The summed E-state index contributed by atoms with van der Waals surface area (Å²) in [6, 6.07) is 1.32. The molecule has 0 amide bonds. The minimum atomic E-state index is -0.245. The smallest absolute Gasteiger partial charge is 0.280 e. The Morgan fingerprint density at radius 3 is 2.40 bits per heavy atom. The lowest BCUT2D eigenvalue weighted by Gasteiger charge is -1.77. The fraction of sp³-hybridized carbons (Fsp3) is 0.250. The van der Waals surface area contributed by atoms with E-state index in [9.17, 15) is 4.79 Å². The minimum Gasteiger partial charge on any atom is -0.382 e. The lowest BCUT2D eigenvalue weighted by atomic mass is 10.5. The summed E-state index contributed by atoms with van der Waals surface area (Å²) in [5.41, 5.74) is 4.87. The Balaban J connectivity index is 0. The van der Waals surface area contributed by atoms with Crippen molar-refractivity contribution in [2.75, 3.05) is 0 Å². The summed E-state index contributed by atoms with van der Waals surface area (Å²) in [5, 5.41) is 2.11. The standard InChI is InChI=1S/C4H6N2O2.2BrH/c5-2-3-1-4(7)6-8-3;;/h1H,2,5H2,(H,6,7);2*1H. The molecular weight excluding hydrogens is 268 g/mol. The van der Waals surface area contributed by atoms with E-state index in [1.165, 1.54) is 6.07 Å². The Morgan fingerprint density at radius 1 is 1.60 bits per heavy atom. The normalized spacial score (nSPS) is 7.70. The first-order chi connectivity index (χ1) is 3.83. The molecule has 0 saturated carbocycles. The Hall–Kier alpha value is -0.0700. The lowest BCUT2D eigenvalue weighted by Crippen LogP contribution is -1.95. The van der Waals surface area contributed by atoms with Crippen molar-refractivity contribution in [2.24, 2.45) is 5.73 Å². The first-order valence-corrected chi connectivity index (χ1v) is 2.20. The molecule has 1 rings (SSSR count). The monoisotopic (exact) mass is 274 g/mol. The molecule has 10 heavy (non-hydrogen) atoms. The average Bonchev–Trinajstić information content (AvgIpc) is 2.14. The van der Waals surface area contributed by atoms with Crippen LogP contribution in [0.15, 0.2) is 15.4 Å². The SMILES string of the molecule is Br.Br.NCc1cc(=O)[nH]o1. The molecule has 4 nitrogen and oxygen atoms in total. The summed E-state index contributed by atoms with van der Waals surface area (Å²) >= 11 is 0. The summed E-state index contributed by atoms with van der Waals surface area (Å²) in [6.45, 7) is 0.263. The van der Waals surface area contributed by atoms with Crippen LogP contribution in [0.2, 0.25) is 0 Å². The maximum atomic E-state index is 10.2. The van der Waals surface area contributed by atoms with Crippen molar-refractivity contribution in [3.63, 3.8) is 0 Å². The predicted octanol–water partition coefficient (Wildman–Crippen LogP) is 0.582. The quantitative estimate of drug-likeness (QED) is 0.788. The van der Waals surface area contributed by atoms with Gasteiger partial charge in [0, 0.05) is 6.07 Å². The lowest BCUT2D eigenvalue weighted by molar-refractivity contribution is 0.380. The number of H-pyrrole nitrogens is 1. The topological polar surface area (TPSA) is 72.0 Å². The fourth-order valence-corrected chi connectivity index (χ4v) is 0.422. The van der Waals surface area contributed by atoms with Gasteiger partial charge in [-0.05, 0) is 0 Å². The van der Waals surface area contributed by atoms with Crippen molar-refractivity contribution in [3.05, 3.63) is 22.2 Å². The van der Waals surface area contributed by atoms with Crippen molar-refractivity contribution in [2.45, 2.75) is 6.54 Å². The van der Waals surface area contributed by atoms with E-state index in [2.05, 4.69) is 9.68 Å². The largest absolute Gasteiger partial charge is 0.382 e. The van der Waals surface area contributed by atoms with Gasteiger partial charge in [-0.3, -0.25) is 4.79 Å². The van der Waals surface area contributed by atoms with Crippen LogP contribution in [-0.4, -0.2) is 5.16 Å². The van der Waals surface area contributed by atoms with Crippen molar-refractivity contribution >= 4 is 34.0 Å². The Kier molecular flexibility index (Phi) is 7.17. The van der Waals surface area contributed by atoms with Gasteiger partial charge in [-0.15, -0.1) is 34.0 Å². The second kappa shape index (κ2) is 5.70. The van der Waals surface area contributed by atoms with Crippen LogP contribution in [-0.2, 0) is 6.54 Å². The molecule has 0 aliphatic heterocycles. The van der Waals surface area contributed by atoms with Crippen LogP contribution in [0.3, 0.4) is 0 Å². The molecule has 1 aromatic heterocycles. The molecule has 1 heterocycles. The number of aromatic amines is 1. The molecule has 0 saturated heterocycles. The van der Waals surface area contributed by atoms with Crippen molar-refractivity contribution < 1.29 is 4.52 Å².